The molecule has 0 radical (unpaired) electrons. The number of esters is 2. The van der Waals surface area contributed by atoms with Gasteiger partial charge in [0, 0.05) is 0 Å². The van der Waals surface area contributed by atoms with E-state index in [1.54, 1.807) is 6.92 Å². The fourth-order valence-electron chi connectivity index (χ4n) is 0.467. The van der Waals surface area contributed by atoms with Crippen LogP contribution in [0, 0.1) is 0 Å². The van der Waals surface area contributed by atoms with Crippen molar-refractivity contribution >= 4 is 11.9 Å². The van der Waals surface area contributed by atoms with Gasteiger partial charge < -0.3 is 9.47 Å². The molecule has 0 amide bonds. The molecular formula is C8H11FO4. The summed E-state index contributed by atoms with van der Waals surface area (Å²) in [5.41, 5.74) is 0. The van der Waals surface area contributed by atoms with Crippen LogP contribution in [0.2, 0.25) is 0 Å². The second-order valence-electron chi connectivity index (χ2n) is 2.03. The average Bonchev–Trinajstić information content (AvgIpc) is 2.13. The topological polar surface area (TPSA) is 52.6 Å². The van der Waals surface area contributed by atoms with Gasteiger partial charge in [-0.2, -0.15) is 0 Å². The second-order valence-corrected chi connectivity index (χ2v) is 2.03. The molecule has 0 N–H and O–H groups in total. The highest BCUT2D eigenvalue weighted by atomic mass is 19.1. The first kappa shape index (κ1) is 11.6. The number of hydrogen-bond donors (Lipinski definition) is 0. The van der Waals surface area contributed by atoms with Crippen LogP contribution in [-0.4, -0.2) is 25.2 Å². The Morgan fingerprint density at radius 1 is 1.31 bits per heavy atom. The molecule has 0 aromatic heterocycles. The minimum atomic E-state index is -1.18. The van der Waals surface area contributed by atoms with Crippen molar-refractivity contribution in [2.24, 2.45) is 0 Å². The third-order valence-corrected chi connectivity index (χ3v) is 1.10. The van der Waals surface area contributed by atoms with Crippen LogP contribution in [0.4, 0.5) is 4.39 Å². The normalized spacial score (nSPS) is 10.8. The number of allylic oxidation sites excluding steroid dienone is 1. The van der Waals surface area contributed by atoms with E-state index in [-0.39, 0.29) is 6.61 Å². The first-order valence-electron chi connectivity index (χ1n) is 3.76. The molecule has 13 heavy (non-hydrogen) atoms. The third-order valence-electron chi connectivity index (χ3n) is 1.10. The Morgan fingerprint density at radius 2 is 1.85 bits per heavy atom. The van der Waals surface area contributed by atoms with E-state index >= 15 is 0 Å². The molecule has 0 atom stereocenters. The van der Waals surface area contributed by atoms with Gasteiger partial charge in [0.25, 0.3) is 0 Å². The molecule has 0 saturated heterocycles. The van der Waals surface area contributed by atoms with Crippen molar-refractivity contribution in [3.63, 3.8) is 0 Å². The van der Waals surface area contributed by atoms with Crippen molar-refractivity contribution in [2.45, 2.75) is 13.8 Å². The average molecular weight is 190 g/mol. The number of halogens is 1. The summed E-state index contributed by atoms with van der Waals surface area (Å²) in [5, 5.41) is 0. The number of hydrogen-bond acceptors (Lipinski definition) is 4. The quantitative estimate of drug-likeness (QED) is 0.491. The van der Waals surface area contributed by atoms with E-state index in [4.69, 9.17) is 0 Å². The van der Waals surface area contributed by atoms with E-state index in [1.807, 2.05) is 0 Å². The summed E-state index contributed by atoms with van der Waals surface area (Å²) in [5.74, 6) is -2.90. The summed E-state index contributed by atoms with van der Waals surface area (Å²) in [6.45, 7) is 2.55. The lowest BCUT2D eigenvalue weighted by atomic mass is 10.5. The number of rotatable bonds is 3. The Morgan fingerprint density at radius 3 is 2.31 bits per heavy atom. The summed E-state index contributed by atoms with van der Waals surface area (Å²) in [6, 6.07) is 0. The molecule has 0 aliphatic rings. The van der Waals surface area contributed by atoms with Crippen LogP contribution >= 0.6 is 0 Å². The van der Waals surface area contributed by atoms with Gasteiger partial charge in [0.2, 0.25) is 0 Å². The molecular weight excluding hydrogens is 179 g/mol. The molecule has 5 heteroatoms. The molecule has 0 unspecified atom stereocenters. The minimum Gasteiger partial charge on any atom is -0.458 e. The summed E-state index contributed by atoms with van der Waals surface area (Å²) in [6.07, 6.45) is 1.14. The Balaban J connectivity index is 3.81. The van der Waals surface area contributed by atoms with Gasteiger partial charge in [-0.3, -0.25) is 0 Å². The number of ether oxygens (including phenoxy) is 2. The Bertz CT molecular complexity index is 222. The van der Waals surface area contributed by atoms with E-state index in [0.29, 0.717) is 0 Å². The highest BCUT2D eigenvalue weighted by Gasteiger charge is 2.16. The van der Waals surface area contributed by atoms with Gasteiger partial charge in [-0.1, -0.05) is 6.08 Å². The lowest BCUT2D eigenvalue weighted by Gasteiger charge is -2.01. The van der Waals surface area contributed by atoms with Crippen molar-refractivity contribution in [2.75, 3.05) is 13.2 Å². The maximum Gasteiger partial charge on any atom is 0.417 e. The molecule has 0 heterocycles. The Labute approximate surface area is 75.3 Å². The highest BCUT2D eigenvalue weighted by Crippen LogP contribution is 1.96. The van der Waals surface area contributed by atoms with Crippen LogP contribution < -0.4 is 0 Å². The van der Waals surface area contributed by atoms with E-state index in [1.165, 1.54) is 6.92 Å². The van der Waals surface area contributed by atoms with Crippen LogP contribution in [0.3, 0.4) is 0 Å². The fraction of sp³-hybridized carbons (Fsp3) is 0.500. The number of carbonyl (C=O) groups excluding carboxylic acids is 2. The third kappa shape index (κ3) is 4.95. The summed E-state index contributed by atoms with van der Waals surface area (Å²) >= 11 is 0. The van der Waals surface area contributed by atoms with Crippen molar-refractivity contribution < 1.29 is 23.5 Å². The smallest absolute Gasteiger partial charge is 0.417 e. The van der Waals surface area contributed by atoms with Gasteiger partial charge in [-0.15, -0.1) is 0 Å². The maximum absolute atomic E-state index is 12.4. The van der Waals surface area contributed by atoms with Crippen LogP contribution in [0.5, 0.6) is 0 Å². The first-order chi connectivity index (χ1) is 6.11. The van der Waals surface area contributed by atoms with Crippen molar-refractivity contribution in [1.82, 2.24) is 0 Å². The molecule has 0 saturated carbocycles. The Hall–Kier alpha value is -1.39. The van der Waals surface area contributed by atoms with E-state index in [9.17, 15) is 14.0 Å². The largest absolute Gasteiger partial charge is 0.458 e. The van der Waals surface area contributed by atoms with Gasteiger partial charge in [-0.05, 0) is 13.8 Å². The maximum atomic E-state index is 12.4. The molecule has 0 rings (SSSR count). The Kier molecular flexibility index (Phi) is 5.50. The lowest BCUT2D eigenvalue weighted by molar-refractivity contribution is -0.167. The van der Waals surface area contributed by atoms with Crippen molar-refractivity contribution in [3.8, 4) is 0 Å². The van der Waals surface area contributed by atoms with Gasteiger partial charge in [0.1, 0.15) is 12.4 Å². The van der Waals surface area contributed by atoms with Crippen LogP contribution in [0.15, 0.2) is 11.9 Å². The predicted molar refractivity (Wildman–Crippen MR) is 42.5 cm³/mol. The van der Waals surface area contributed by atoms with Crippen molar-refractivity contribution in [3.05, 3.63) is 11.9 Å². The highest BCUT2D eigenvalue weighted by molar-refractivity contribution is 6.29. The zero-order valence-electron chi connectivity index (χ0n) is 7.50. The molecule has 4 nitrogen and oxygen atoms in total. The van der Waals surface area contributed by atoms with Gasteiger partial charge in [-0.25, -0.2) is 14.0 Å². The fourth-order valence-corrected chi connectivity index (χ4v) is 0.467. The molecule has 0 bridgehead atoms. The summed E-state index contributed by atoms with van der Waals surface area (Å²) in [7, 11) is 0. The zero-order chi connectivity index (χ0) is 10.3. The van der Waals surface area contributed by atoms with Gasteiger partial charge in [0.05, 0.1) is 6.61 Å². The lowest BCUT2D eigenvalue weighted by Crippen LogP contribution is -2.20. The first-order valence-corrected chi connectivity index (χ1v) is 3.76. The van der Waals surface area contributed by atoms with Crippen LogP contribution in [-0.2, 0) is 19.1 Å². The van der Waals surface area contributed by atoms with Crippen LogP contribution in [0.1, 0.15) is 13.8 Å². The zero-order valence-corrected chi connectivity index (χ0v) is 7.50. The summed E-state index contributed by atoms with van der Waals surface area (Å²) in [4.78, 5) is 21.3. The van der Waals surface area contributed by atoms with Crippen molar-refractivity contribution in [1.29, 1.82) is 0 Å². The molecule has 0 aromatic rings. The molecule has 74 valence electrons. The number of carbonyl (C=O) groups is 2. The van der Waals surface area contributed by atoms with E-state index < -0.39 is 24.4 Å². The predicted octanol–water partition coefficient (Wildman–Crippen LogP) is 0.966. The molecule has 0 fully saturated rings. The van der Waals surface area contributed by atoms with E-state index in [0.717, 1.165) is 6.08 Å². The van der Waals surface area contributed by atoms with E-state index in [2.05, 4.69) is 9.47 Å². The standard InChI is InChI=1S/C8H11FO4/c1-3-6(9)5-13-8(11)7(10)12-4-2/h3H,4-5H2,1-2H3/b6-3-. The minimum absolute atomic E-state index is 0.0834. The molecule has 0 aliphatic heterocycles. The molecule has 0 aromatic carbocycles. The van der Waals surface area contributed by atoms with Gasteiger partial charge >= 0.3 is 11.9 Å². The molecule has 0 aliphatic carbocycles. The van der Waals surface area contributed by atoms with Gasteiger partial charge in [0.15, 0.2) is 0 Å². The SMILES string of the molecule is C/C=C(\F)COC(=O)C(=O)OCC. The molecule has 0 spiro atoms. The van der Waals surface area contributed by atoms with Crippen LogP contribution in [0.25, 0.3) is 0 Å². The monoisotopic (exact) mass is 190 g/mol. The second kappa shape index (κ2) is 6.16. The summed E-state index contributed by atoms with van der Waals surface area (Å²) < 4.78 is 20.9.